The highest BCUT2D eigenvalue weighted by atomic mass is 79.9. The van der Waals surface area contributed by atoms with Crippen molar-refractivity contribution in [3.8, 4) is 28.0 Å². The standard InChI is InChI=1S/C34H27N3O2.BrH/c35-34-36(22-24-12-4-1-5-13-24)30-18-10-11-19-31(30)37(34)23-32(38)27-20-28(25-14-6-2-7-15-25)33(39)29(21-27)26-16-8-3-9-17-26;/h1-21,35,39H,22-23H2;1H. The van der Waals surface area contributed by atoms with E-state index in [0.717, 1.165) is 27.7 Å². The minimum atomic E-state index is -0.134. The number of imidazole rings is 1. The van der Waals surface area contributed by atoms with Crippen molar-refractivity contribution < 1.29 is 9.90 Å². The molecule has 0 saturated carbocycles. The molecule has 5 aromatic carbocycles. The zero-order valence-electron chi connectivity index (χ0n) is 21.7. The summed E-state index contributed by atoms with van der Waals surface area (Å²) in [5.74, 6) is 0.00252. The van der Waals surface area contributed by atoms with E-state index in [4.69, 9.17) is 5.41 Å². The van der Waals surface area contributed by atoms with Gasteiger partial charge in [0, 0.05) is 16.7 Å². The maximum absolute atomic E-state index is 13.9. The van der Waals surface area contributed by atoms with Gasteiger partial charge in [0.05, 0.1) is 24.1 Å². The van der Waals surface area contributed by atoms with E-state index in [1.165, 1.54) is 0 Å². The number of fused-ring (bicyclic) bond motifs is 1. The lowest BCUT2D eigenvalue weighted by Gasteiger charge is -2.14. The van der Waals surface area contributed by atoms with Gasteiger partial charge >= 0.3 is 0 Å². The molecule has 0 aliphatic rings. The number of rotatable bonds is 7. The van der Waals surface area contributed by atoms with Crippen molar-refractivity contribution in [1.82, 2.24) is 9.13 Å². The summed E-state index contributed by atoms with van der Waals surface area (Å²) in [5, 5.41) is 20.3. The van der Waals surface area contributed by atoms with Crippen LogP contribution in [-0.4, -0.2) is 20.0 Å². The second-order valence-corrected chi connectivity index (χ2v) is 9.55. The first-order valence-corrected chi connectivity index (χ1v) is 12.9. The van der Waals surface area contributed by atoms with Crippen molar-refractivity contribution in [2.45, 2.75) is 13.1 Å². The number of Topliss-reactive ketones (excluding diaryl/α,β-unsaturated/α-hetero) is 1. The molecule has 5 nitrogen and oxygen atoms in total. The summed E-state index contributed by atoms with van der Waals surface area (Å²) in [6, 6.07) is 40.5. The normalized spacial score (nSPS) is 10.8. The van der Waals surface area contributed by atoms with Crippen molar-refractivity contribution in [2.75, 3.05) is 0 Å². The third kappa shape index (κ3) is 5.14. The SMILES string of the molecule is Br.N=c1n(CC(=O)c2cc(-c3ccccc3)c(O)c(-c3ccccc3)c2)c2ccccc2n1Cc1ccccc1. The van der Waals surface area contributed by atoms with Gasteiger partial charge in [-0.15, -0.1) is 17.0 Å². The van der Waals surface area contributed by atoms with Crippen LogP contribution >= 0.6 is 17.0 Å². The number of para-hydroxylation sites is 2. The van der Waals surface area contributed by atoms with E-state index in [2.05, 4.69) is 0 Å². The average Bonchev–Trinajstić information content (AvgIpc) is 3.24. The highest BCUT2D eigenvalue weighted by Crippen LogP contribution is 2.39. The van der Waals surface area contributed by atoms with Crippen LogP contribution in [0.1, 0.15) is 15.9 Å². The Morgan fingerprint density at radius 1 is 0.650 bits per heavy atom. The number of ketones is 1. The third-order valence-corrected chi connectivity index (χ3v) is 7.06. The number of nitrogens with zero attached hydrogens (tertiary/aromatic N) is 2. The van der Waals surface area contributed by atoms with Gasteiger partial charge in [-0.25, -0.2) is 0 Å². The van der Waals surface area contributed by atoms with Crippen LogP contribution in [-0.2, 0) is 13.1 Å². The number of nitrogens with one attached hydrogen (secondary N) is 1. The van der Waals surface area contributed by atoms with E-state index in [0.29, 0.717) is 23.2 Å². The maximum atomic E-state index is 13.9. The Balaban J connectivity index is 0.00000323. The molecule has 6 aromatic rings. The number of hydrogen-bond acceptors (Lipinski definition) is 3. The Morgan fingerprint density at radius 2 is 1.10 bits per heavy atom. The summed E-state index contributed by atoms with van der Waals surface area (Å²) < 4.78 is 3.69. The summed E-state index contributed by atoms with van der Waals surface area (Å²) in [6.07, 6.45) is 0. The van der Waals surface area contributed by atoms with Gasteiger partial charge in [-0.05, 0) is 41.0 Å². The predicted molar refractivity (Wildman–Crippen MR) is 165 cm³/mol. The number of aromatic nitrogens is 2. The molecular weight excluding hydrogens is 562 g/mol. The van der Waals surface area contributed by atoms with Crippen molar-refractivity contribution >= 4 is 33.8 Å². The quantitative estimate of drug-likeness (QED) is 0.190. The van der Waals surface area contributed by atoms with E-state index in [9.17, 15) is 9.90 Å². The van der Waals surface area contributed by atoms with Crippen LogP contribution in [0.2, 0.25) is 0 Å². The molecule has 0 bridgehead atoms. The fourth-order valence-electron chi connectivity index (χ4n) is 5.09. The van der Waals surface area contributed by atoms with Crippen molar-refractivity contribution in [1.29, 1.82) is 5.41 Å². The molecule has 0 aliphatic carbocycles. The first kappa shape index (κ1) is 26.9. The molecule has 6 rings (SSSR count). The average molecular weight is 591 g/mol. The van der Waals surface area contributed by atoms with Crippen LogP contribution in [0.3, 0.4) is 0 Å². The number of aromatic hydroxyl groups is 1. The fourth-order valence-corrected chi connectivity index (χ4v) is 5.09. The summed E-state index contributed by atoms with van der Waals surface area (Å²) in [7, 11) is 0. The molecular formula is C34H28BrN3O2. The third-order valence-electron chi connectivity index (χ3n) is 7.06. The van der Waals surface area contributed by atoms with E-state index >= 15 is 0 Å². The van der Waals surface area contributed by atoms with E-state index in [-0.39, 0.29) is 40.7 Å². The molecule has 0 spiro atoms. The van der Waals surface area contributed by atoms with Crippen LogP contribution in [0.5, 0.6) is 5.75 Å². The van der Waals surface area contributed by atoms with Gasteiger partial charge in [0.1, 0.15) is 5.75 Å². The minimum Gasteiger partial charge on any atom is -0.507 e. The van der Waals surface area contributed by atoms with Crippen LogP contribution < -0.4 is 5.62 Å². The number of phenolic OH excluding ortho intramolecular Hbond substituents is 1. The topological polar surface area (TPSA) is 71.0 Å². The molecule has 6 heteroatoms. The molecule has 1 heterocycles. The van der Waals surface area contributed by atoms with Gasteiger partial charge in [0.2, 0.25) is 5.62 Å². The van der Waals surface area contributed by atoms with Gasteiger partial charge < -0.3 is 14.2 Å². The van der Waals surface area contributed by atoms with Crippen LogP contribution in [0, 0.1) is 5.41 Å². The molecule has 1 aromatic heterocycles. The number of hydrogen-bond donors (Lipinski definition) is 2. The Morgan fingerprint density at radius 3 is 1.62 bits per heavy atom. The van der Waals surface area contributed by atoms with Gasteiger partial charge in [0.25, 0.3) is 0 Å². The van der Waals surface area contributed by atoms with E-state index in [1.54, 1.807) is 16.7 Å². The molecule has 0 aliphatic heterocycles. The second kappa shape index (κ2) is 11.6. The largest absolute Gasteiger partial charge is 0.507 e. The first-order valence-electron chi connectivity index (χ1n) is 12.9. The fraction of sp³-hybridized carbons (Fsp3) is 0.0588. The lowest BCUT2D eigenvalue weighted by atomic mass is 9.93. The number of phenols is 1. The molecule has 40 heavy (non-hydrogen) atoms. The zero-order chi connectivity index (χ0) is 26.8. The molecule has 0 atom stereocenters. The van der Waals surface area contributed by atoms with Crippen molar-refractivity contribution in [3.63, 3.8) is 0 Å². The Labute approximate surface area is 242 Å². The lowest BCUT2D eigenvalue weighted by Crippen LogP contribution is -2.27. The highest BCUT2D eigenvalue weighted by molar-refractivity contribution is 8.93. The highest BCUT2D eigenvalue weighted by Gasteiger charge is 2.19. The number of benzene rings is 5. The summed E-state index contributed by atoms with van der Waals surface area (Å²) >= 11 is 0. The maximum Gasteiger partial charge on any atom is 0.203 e. The van der Waals surface area contributed by atoms with Crippen LogP contribution in [0.25, 0.3) is 33.3 Å². The van der Waals surface area contributed by atoms with Gasteiger partial charge in [-0.2, -0.15) is 0 Å². The monoisotopic (exact) mass is 589 g/mol. The second-order valence-electron chi connectivity index (χ2n) is 9.55. The van der Waals surface area contributed by atoms with Gasteiger partial charge in [-0.1, -0.05) is 103 Å². The van der Waals surface area contributed by atoms with Gasteiger partial charge in [0.15, 0.2) is 5.78 Å². The smallest absolute Gasteiger partial charge is 0.203 e. The van der Waals surface area contributed by atoms with Crippen LogP contribution in [0.4, 0.5) is 0 Å². The minimum absolute atomic E-state index is 0. The molecule has 0 fully saturated rings. The number of carbonyl (C=O) groups excluding carboxylic acids is 1. The summed E-state index contributed by atoms with van der Waals surface area (Å²) in [6.45, 7) is 0.547. The zero-order valence-corrected chi connectivity index (χ0v) is 23.4. The Kier molecular flexibility index (Phi) is 7.80. The lowest BCUT2D eigenvalue weighted by molar-refractivity contribution is 0.0971. The Hall–Kier alpha value is -4.68. The van der Waals surface area contributed by atoms with Crippen molar-refractivity contribution in [2.24, 2.45) is 0 Å². The van der Waals surface area contributed by atoms with Crippen LogP contribution in [0.15, 0.2) is 127 Å². The molecule has 2 N–H and O–H groups in total. The predicted octanol–water partition coefficient (Wildman–Crippen LogP) is 7.47. The number of halogens is 1. The number of carbonyl (C=O) groups is 1. The molecule has 0 amide bonds. The van der Waals surface area contributed by atoms with Crippen molar-refractivity contribution in [3.05, 3.63) is 144 Å². The molecule has 0 radical (unpaired) electrons. The first-order chi connectivity index (χ1) is 19.1. The van der Waals surface area contributed by atoms with Gasteiger partial charge in [-0.3, -0.25) is 10.2 Å². The Bertz CT molecular complexity index is 1780. The summed E-state index contributed by atoms with van der Waals surface area (Å²) in [5.41, 5.74) is 6.42. The molecule has 0 unspecified atom stereocenters. The molecule has 198 valence electrons. The van der Waals surface area contributed by atoms with E-state index < -0.39 is 0 Å². The molecule has 0 saturated heterocycles. The summed E-state index contributed by atoms with van der Waals surface area (Å²) in [4.78, 5) is 13.9. The van der Waals surface area contributed by atoms with E-state index in [1.807, 2.05) is 120 Å².